The molecule has 3 aromatic heterocycles. The summed E-state index contributed by atoms with van der Waals surface area (Å²) >= 11 is 30.2. The lowest BCUT2D eigenvalue weighted by molar-refractivity contribution is 0.0476. The van der Waals surface area contributed by atoms with E-state index in [1.165, 1.54) is 19.6 Å². The molecule has 0 bridgehead atoms. The summed E-state index contributed by atoms with van der Waals surface area (Å²) in [6.07, 6.45) is -2.43. The molecule has 0 spiro atoms. The summed E-state index contributed by atoms with van der Waals surface area (Å²) in [6.45, 7) is 15.3. The average molecular weight is 1250 g/mol. The number of aliphatic hydroxyl groups is 2. The van der Waals surface area contributed by atoms with Crippen LogP contribution in [0.1, 0.15) is 76.7 Å². The maximum Gasteiger partial charge on any atom is 0.515 e. The molecule has 3 aromatic carbocycles. The number of nitrogens with one attached hydrogen (secondary N) is 2. The molecule has 19 nitrogen and oxygen atoms in total. The van der Waals surface area contributed by atoms with Crippen LogP contribution in [0.2, 0.25) is 0 Å². The monoisotopic (exact) mass is 1240 g/mol. The number of rotatable bonds is 12. The van der Waals surface area contributed by atoms with Crippen LogP contribution < -0.4 is 33.6 Å². The van der Waals surface area contributed by atoms with Crippen molar-refractivity contribution < 1.29 is 43.5 Å². The number of aliphatic hydroxyl groups excluding tert-OH is 2. The van der Waals surface area contributed by atoms with Crippen molar-refractivity contribution >= 4 is 117 Å². The number of anilines is 3. The Balaban J connectivity index is 0.000000356. The van der Waals surface area contributed by atoms with Crippen molar-refractivity contribution in [3.05, 3.63) is 144 Å². The highest BCUT2D eigenvalue weighted by Crippen LogP contribution is 2.33. The first-order chi connectivity index (χ1) is 37.2. The lowest BCUT2D eigenvalue weighted by Crippen LogP contribution is -2.36. The van der Waals surface area contributed by atoms with E-state index in [0.29, 0.717) is 46.4 Å². The van der Waals surface area contributed by atoms with Crippen molar-refractivity contribution in [1.29, 1.82) is 0 Å². The second kappa shape index (κ2) is 34.5. The van der Waals surface area contributed by atoms with Crippen LogP contribution in [0.15, 0.2) is 127 Å². The average Bonchev–Trinajstić information content (AvgIpc) is 3.84. The van der Waals surface area contributed by atoms with Crippen LogP contribution in [0.25, 0.3) is 33.8 Å². The molecule has 3 unspecified atom stereocenters. The minimum atomic E-state index is -2.24. The molecule has 436 valence electrons. The Morgan fingerprint density at radius 3 is 1.40 bits per heavy atom. The summed E-state index contributed by atoms with van der Waals surface area (Å²) in [5, 5.41) is 24.0. The van der Waals surface area contributed by atoms with Gasteiger partial charge in [-0.05, 0) is 146 Å². The number of ether oxygens (including phenoxy) is 4. The standard InChI is InChI=1S/C18H23N3O3.C14H13N3O2.C13H15N3O.C6H15N.C3Cl6O3.ClH/c1-18(2,3)24-17(23)21-15(11-22)14-10-9-13(19)16(20-14)12-7-5-4-6-8-12;15-10-6-7-11(12-8-19-14(18)17-12)16-13(10)9-4-2-1-3-5-9;14-10-6-7-12(11(15)8-17)16-13(10)9-4-2-1-3-5-9;1-4-7(5-2)6-3;4-2(5,6)11-1(10)12-3(7,8)9;/h4-10,15,22H,11,19H2,1-3H3,(H,21,23);1-7,12H,8,15H2,(H,17,18);1-7,11,17H,8,14-15H2;4-6H2,1-3H3;;1H. The van der Waals surface area contributed by atoms with Gasteiger partial charge in [0, 0.05) is 16.7 Å². The third-order valence-corrected chi connectivity index (χ3v) is 11.0. The molecule has 1 fully saturated rings. The van der Waals surface area contributed by atoms with Crippen molar-refractivity contribution in [1.82, 2.24) is 30.5 Å². The quantitative estimate of drug-likeness (QED) is 0.0321. The summed E-state index contributed by atoms with van der Waals surface area (Å²) in [7, 11) is 0. The Morgan fingerprint density at radius 1 is 0.650 bits per heavy atom. The second-order valence-electron chi connectivity index (χ2n) is 17.6. The number of amides is 2. The number of hydrogen-bond acceptors (Lipinski definition) is 17. The normalized spacial score (nSPS) is 13.4. The highest BCUT2D eigenvalue weighted by atomic mass is 35.6. The smallest absolute Gasteiger partial charge is 0.447 e. The van der Waals surface area contributed by atoms with Crippen LogP contribution in [-0.2, 0) is 18.9 Å². The van der Waals surface area contributed by atoms with E-state index in [-0.39, 0.29) is 31.7 Å². The second-order valence-corrected chi connectivity index (χ2v) is 21.9. The Bertz CT molecular complexity index is 2790. The summed E-state index contributed by atoms with van der Waals surface area (Å²) in [5.74, 6) is 0. The zero-order chi connectivity index (χ0) is 58.9. The Kier molecular flexibility index (Phi) is 30.3. The van der Waals surface area contributed by atoms with Crippen LogP contribution in [0.4, 0.5) is 31.4 Å². The van der Waals surface area contributed by atoms with Gasteiger partial charge in [0.2, 0.25) is 0 Å². The molecule has 1 aliphatic rings. The summed E-state index contributed by atoms with van der Waals surface area (Å²) in [5.41, 5.74) is 31.4. The van der Waals surface area contributed by atoms with Crippen LogP contribution in [0.5, 0.6) is 0 Å². The number of alkyl halides is 6. The van der Waals surface area contributed by atoms with Gasteiger partial charge in [0.15, 0.2) is 0 Å². The van der Waals surface area contributed by atoms with Crippen molar-refractivity contribution in [3.63, 3.8) is 0 Å². The number of nitrogens with zero attached hydrogens (tertiary/aromatic N) is 4. The maximum atomic E-state index is 11.9. The van der Waals surface area contributed by atoms with Gasteiger partial charge in [0.1, 0.15) is 18.2 Å². The number of carbonyl (C=O) groups is 3. The van der Waals surface area contributed by atoms with E-state index >= 15 is 0 Å². The Morgan fingerprint density at radius 2 is 1.05 bits per heavy atom. The number of hydrogen-bond donors (Lipinski definition) is 8. The van der Waals surface area contributed by atoms with E-state index in [4.69, 9.17) is 107 Å². The van der Waals surface area contributed by atoms with Gasteiger partial charge in [0.25, 0.3) is 0 Å². The molecule has 2 amide bonds. The topological polar surface area (TPSA) is 299 Å². The molecule has 0 aliphatic carbocycles. The van der Waals surface area contributed by atoms with Gasteiger partial charge < -0.3 is 67.6 Å². The number of alkyl carbamates (subject to hydrolysis) is 2. The first-order valence-electron chi connectivity index (χ1n) is 24.3. The fourth-order valence-corrected chi connectivity index (χ4v) is 7.09. The summed E-state index contributed by atoms with van der Waals surface area (Å²) in [6, 6.07) is 38.0. The van der Waals surface area contributed by atoms with E-state index in [2.05, 4.69) is 60.7 Å². The largest absolute Gasteiger partial charge is 0.515 e. The third-order valence-electron chi connectivity index (χ3n) is 10.6. The molecular formula is C54H67Cl7N10O9. The first kappa shape index (κ1) is 70.3. The van der Waals surface area contributed by atoms with Crippen LogP contribution in [-0.4, -0.2) is 101 Å². The van der Waals surface area contributed by atoms with Gasteiger partial charge in [-0.25, -0.2) is 29.3 Å². The highest BCUT2D eigenvalue weighted by Gasteiger charge is 2.32. The van der Waals surface area contributed by atoms with Gasteiger partial charge in [-0.2, -0.15) is 0 Å². The minimum Gasteiger partial charge on any atom is -0.447 e. The van der Waals surface area contributed by atoms with Crippen LogP contribution in [0.3, 0.4) is 0 Å². The molecule has 1 saturated heterocycles. The fraction of sp³-hybridized carbons (Fsp3) is 0.333. The van der Waals surface area contributed by atoms with Gasteiger partial charge >= 0.3 is 26.3 Å². The number of pyridine rings is 3. The summed E-state index contributed by atoms with van der Waals surface area (Å²) in [4.78, 5) is 49.3. The number of aromatic nitrogens is 3. The van der Waals surface area contributed by atoms with Crippen LogP contribution >= 0.6 is 82.0 Å². The molecule has 7 rings (SSSR count). The number of nitrogen functional groups attached to an aromatic ring is 3. The number of nitrogens with two attached hydrogens (primary N) is 4. The van der Waals surface area contributed by atoms with E-state index < -0.39 is 44.0 Å². The zero-order valence-corrected chi connectivity index (χ0v) is 50.0. The Hall–Kier alpha value is -5.81. The number of halogens is 7. The lowest BCUT2D eigenvalue weighted by Gasteiger charge is -2.23. The molecule has 80 heavy (non-hydrogen) atoms. The third kappa shape index (κ3) is 25.8. The van der Waals surface area contributed by atoms with E-state index in [1.807, 2.05) is 91.0 Å². The fourth-order valence-electron chi connectivity index (χ4n) is 6.71. The highest BCUT2D eigenvalue weighted by molar-refractivity contribution is 6.67. The van der Waals surface area contributed by atoms with Crippen molar-refractivity contribution in [2.24, 2.45) is 5.73 Å². The SMILES string of the molecule is CC(C)(C)OC(=O)NC(CO)c1ccc(N)c(-c2ccccc2)n1.CCN(CC)CC.Cl.Nc1ccc(C(N)CO)nc1-c1ccccc1.Nc1ccc(C2COC(=O)N2)nc1-c1ccccc1.O=C(OC(Cl)(Cl)Cl)OC(Cl)(Cl)Cl. The molecule has 26 heteroatoms. The number of cyclic esters (lactones) is 1. The van der Waals surface area contributed by atoms with Gasteiger partial charge in [-0.1, -0.05) is 112 Å². The van der Waals surface area contributed by atoms with E-state index in [9.17, 15) is 19.5 Å². The summed E-state index contributed by atoms with van der Waals surface area (Å²) < 4.78 is 13.6. The van der Waals surface area contributed by atoms with Gasteiger partial charge in [-0.15, -0.1) is 12.4 Å². The molecular weight excluding hydrogens is 1180 g/mol. The lowest BCUT2D eigenvalue weighted by atomic mass is 10.1. The predicted molar refractivity (Wildman–Crippen MR) is 322 cm³/mol. The number of carbonyl (C=O) groups excluding carboxylic acids is 3. The molecule has 4 heterocycles. The van der Waals surface area contributed by atoms with Crippen LogP contribution in [0, 0.1) is 0 Å². The van der Waals surface area contributed by atoms with E-state index in [1.54, 1.807) is 57.2 Å². The molecule has 0 radical (unpaired) electrons. The number of benzene rings is 3. The first-order valence-corrected chi connectivity index (χ1v) is 26.6. The van der Waals surface area contributed by atoms with Gasteiger partial charge in [0.05, 0.1) is 76.5 Å². The van der Waals surface area contributed by atoms with Crippen molar-refractivity contribution in [3.8, 4) is 33.8 Å². The molecule has 12 N–H and O–H groups in total. The van der Waals surface area contributed by atoms with Crippen molar-refractivity contribution in [2.45, 2.75) is 73.2 Å². The van der Waals surface area contributed by atoms with Gasteiger partial charge in [-0.3, -0.25) is 0 Å². The predicted octanol–water partition coefficient (Wildman–Crippen LogP) is 11.9. The van der Waals surface area contributed by atoms with Crippen molar-refractivity contribution in [2.75, 3.05) is 56.7 Å². The molecule has 3 atom stereocenters. The zero-order valence-electron chi connectivity index (χ0n) is 44.6. The maximum absolute atomic E-state index is 11.9. The minimum absolute atomic E-state index is 0. The molecule has 0 saturated carbocycles. The molecule has 1 aliphatic heterocycles. The Labute approximate surface area is 502 Å². The molecule has 6 aromatic rings. The van der Waals surface area contributed by atoms with E-state index in [0.717, 1.165) is 28.1 Å².